The highest BCUT2D eigenvalue weighted by Gasteiger charge is 2.39. The fourth-order valence-corrected chi connectivity index (χ4v) is 4.45. The number of amides is 2. The number of nitrogens with zero attached hydrogens (tertiary/aromatic N) is 3. The van der Waals surface area contributed by atoms with Crippen LogP contribution < -0.4 is 11.1 Å². The first kappa shape index (κ1) is 21.7. The number of carbonyl (C=O) groups excluding carboxylic acids is 2. The highest BCUT2D eigenvalue weighted by Crippen LogP contribution is 2.46. The molecule has 1 saturated carbocycles. The van der Waals surface area contributed by atoms with Crippen LogP contribution in [0.3, 0.4) is 0 Å². The number of aromatic nitrogens is 2. The third kappa shape index (κ3) is 3.79. The molecular formula is C25H29N5O2. The van der Waals surface area contributed by atoms with Crippen molar-refractivity contribution in [2.24, 2.45) is 28.0 Å². The van der Waals surface area contributed by atoms with E-state index in [1.54, 1.807) is 23.7 Å². The van der Waals surface area contributed by atoms with Gasteiger partial charge in [-0.05, 0) is 53.9 Å². The van der Waals surface area contributed by atoms with Gasteiger partial charge < -0.3 is 11.1 Å². The molecule has 1 aromatic carbocycles. The minimum Gasteiger partial charge on any atom is -0.365 e. The van der Waals surface area contributed by atoms with Crippen LogP contribution in [-0.4, -0.2) is 34.7 Å². The zero-order chi connectivity index (χ0) is 23.0. The van der Waals surface area contributed by atoms with Crippen molar-refractivity contribution in [2.45, 2.75) is 33.6 Å². The molecule has 0 radical (unpaired) electrons. The molecule has 166 valence electrons. The van der Waals surface area contributed by atoms with E-state index >= 15 is 0 Å². The Morgan fingerprint density at radius 2 is 1.94 bits per heavy atom. The van der Waals surface area contributed by atoms with Crippen molar-refractivity contribution in [1.82, 2.24) is 14.9 Å². The molecule has 0 saturated heterocycles. The van der Waals surface area contributed by atoms with Crippen molar-refractivity contribution >= 4 is 29.2 Å². The van der Waals surface area contributed by atoms with Crippen LogP contribution in [0.2, 0.25) is 0 Å². The lowest BCUT2D eigenvalue weighted by molar-refractivity contribution is 0.0961. The smallest absolute Gasteiger partial charge is 0.252 e. The van der Waals surface area contributed by atoms with Crippen LogP contribution in [0.5, 0.6) is 0 Å². The average molecular weight is 432 g/mol. The van der Waals surface area contributed by atoms with Crippen LogP contribution in [0.25, 0.3) is 16.6 Å². The summed E-state index contributed by atoms with van der Waals surface area (Å²) < 4.78 is 1.71. The minimum atomic E-state index is -0.552. The van der Waals surface area contributed by atoms with Gasteiger partial charge in [0.05, 0.1) is 17.3 Å². The number of benzene rings is 1. The second-order valence-corrected chi connectivity index (χ2v) is 9.17. The van der Waals surface area contributed by atoms with Gasteiger partial charge in [0.25, 0.3) is 11.8 Å². The SMILES string of the molecule is CNC(=O)c1ccc(-c2cc3c(N=CC4CCC(C)C4(C)C)c(C(N)=O)cnn3c2)cc1. The first-order valence-electron chi connectivity index (χ1n) is 10.9. The van der Waals surface area contributed by atoms with Crippen molar-refractivity contribution in [3.63, 3.8) is 0 Å². The Kier molecular flexibility index (Phi) is 5.59. The van der Waals surface area contributed by atoms with Gasteiger partial charge in [-0.2, -0.15) is 5.10 Å². The lowest BCUT2D eigenvalue weighted by atomic mass is 9.77. The molecule has 0 aliphatic heterocycles. The lowest BCUT2D eigenvalue weighted by Gasteiger charge is -2.28. The summed E-state index contributed by atoms with van der Waals surface area (Å²) in [7, 11) is 1.61. The predicted molar refractivity (Wildman–Crippen MR) is 126 cm³/mol. The van der Waals surface area contributed by atoms with Crippen LogP contribution in [0.1, 0.15) is 54.3 Å². The second-order valence-electron chi connectivity index (χ2n) is 9.17. The molecule has 0 bridgehead atoms. The van der Waals surface area contributed by atoms with Gasteiger partial charge in [-0.1, -0.05) is 32.9 Å². The molecule has 32 heavy (non-hydrogen) atoms. The summed E-state index contributed by atoms with van der Waals surface area (Å²) in [5, 5.41) is 6.99. The highest BCUT2D eigenvalue weighted by atomic mass is 16.1. The van der Waals surface area contributed by atoms with E-state index in [0.717, 1.165) is 17.5 Å². The van der Waals surface area contributed by atoms with Crippen molar-refractivity contribution in [1.29, 1.82) is 0 Å². The molecule has 3 N–H and O–H groups in total. The molecule has 4 rings (SSSR count). The summed E-state index contributed by atoms with van der Waals surface area (Å²) in [5.74, 6) is 0.263. The third-order valence-electron chi connectivity index (χ3n) is 7.10. The molecule has 2 atom stereocenters. The van der Waals surface area contributed by atoms with E-state index in [0.29, 0.717) is 34.2 Å². The maximum atomic E-state index is 12.1. The maximum absolute atomic E-state index is 12.1. The Bertz CT molecular complexity index is 1210. The third-order valence-corrected chi connectivity index (χ3v) is 7.10. The summed E-state index contributed by atoms with van der Waals surface area (Å²) in [4.78, 5) is 28.7. The Morgan fingerprint density at radius 1 is 1.22 bits per heavy atom. The number of fused-ring (bicyclic) bond motifs is 1. The number of hydrogen-bond acceptors (Lipinski definition) is 4. The average Bonchev–Trinajstić information content (AvgIpc) is 3.32. The monoisotopic (exact) mass is 431 g/mol. The van der Waals surface area contributed by atoms with Crippen molar-refractivity contribution in [3.05, 3.63) is 53.9 Å². The second kappa shape index (κ2) is 8.22. The van der Waals surface area contributed by atoms with Crippen LogP contribution >= 0.6 is 0 Å². The van der Waals surface area contributed by atoms with Crippen LogP contribution in [0.4, 0.5) is 5.69 Å². The van der Waals surface area contributed by atoms with E-state index in [1.165, 1.54) is 12.6 Å². The molecule has 2 aromatic heterocycles. The summed E-state index contributed by atoms with van der Waals surface area (Å²) in [5.41, 5.74) is 9.78. The number of nitrogens with one attached hydrogen (secondary N) is 1. The Hall–Kier alpha value is -3.48. The number of aliphatic imine (C=N–C) groups is 1. The molecule has 2 amide bonds. The predicted octanol–water partition coefficient (Wildman–Crippen LogP) is 4.23. The molecular weight excluding hydrogens is 402 g/mol. The number of rotatable bonds is 5. The molecule has 1 fully saturated rings. The Morgan fingerprint density at radius 3 is 2.53 bits per heavy atom. The molecule has 3 aromatic rings. The van der Waals surface area contributed by atoms with E-state index in [9.17, 15) is 9.59 Å². The standard InChI is InChI=1S/C25H29N5O2/c1-15-5-10-19(25(15,2)3)12-28-22-20(23(26)31)13-29-30-14-18(11-21(22)30)16-6-8-17(9-7-16)24(32)27-4/h6-9,11-15,19H,5,10H2,1-4H3,(H2,26,31)(H,27,32). The number of nitrogens with two attached hydrogens (primary N) is 1. The fraction of sp³-hybridized carbons (Fsp3) is 0.360. The molecule has 1 aliphatic carbocycles. The van der Waals surface area contributed by atoms with Gasteiger partial charge in [-0.15, -0.1) is 0 Å². The first-order valence-corrected chi connectivity index (χ1v) is 10.9. The van der Waals surface area contributed by atoms with Crippen molar-refractivity contribution < 1.29 is 9.59 Å². The van der Waals surface area contributed by atoms with Crippen molar-refractivity contribution in [2.75, 3.05) is 7.05 Å². The van der Waals surface area contributed by atoms with Crippen molar-refractivity contribution in [3.8, 4) is 11.1 Å². The van der Waals surface area contributed by atoms with Crippen LogP contribution in [0, 0.1) is 17.3 Å². The number of primary amides is 1. The van der Waals surface area contributed by atoms with Gasteiger partial charge in [0.15, 0.2) is 0 Å². The van der Waals surface area contributed by atoms with E-state index in [1.807, 2.05) is 30.6 Å². The van der Waals surface area contributed by atoms with Gasteiger partial charge in [-0.25, -0.2) is 4.52 Å². The van der Waals surface area contributed by atoms with Gasteiger partial charge in [-0.3, -0.25) is 14.6 Å². The van der Waals surface area contributed by atoms with Gasteiger partial charge in [0, 0.05) is 30.6 Å². The van der Waals surface area contributed by atoms with E-state index in [2.05, 4.69) is 31.2 Å². The Labute approximate surface area is 187 Å². The summed E-state index contributed by atoms with van der Waals surface area (Å²) >= 11 is 0. The topological polar surface area (TPSA) is 102 Å². The zero-order valence-electron chi connectivity index (χ0n) is 18.9. The summed E-state index contributed by atoms with van der Waals surface area (Å²) in [6.45, 7) is 6.83. The number of carbonyl (C=O) groups is 2. The van der Waals surface area contributed by atoms with Gasteiger partial charge >= 0.3 is 0 Å². The minimum absolute atomic E-state index is 0.132. The summed E-state index contributed by atoms with van der Waals surface area (Å²) in [6, 6.07) is 9.28. The zero-order valence-corrected chi connectivity index (χ0v) is 18.9. The largest absolute Gasteiger partial charge is 0.365 e. The molecule has 2 unspecified atom stereocenters. The van der Waals surface area contributed by atoms with E-state index in [4.69, 9.17) is 10.7 Å². The molecule has 0 spiro atoms. The maximum Gasteiger partial charge on any atom is 0.252 e. The molecule has 2 heterocycles. The van der Waals surface area contributed by atoms with Gasteiger partial charge in [0.1, 0.15) is 5.69 Å². The summed E-state index contributed by atoms with van der Waals surface area (Å²) in [6.07, 6.45) is 7.59. The molecule has 7 heteroatoms. The van der Waals surface area contributed by atoms with E-state index in [-0.39, 0.29) is 11.3 Å². The van der Waals surface area contributed by atoms with Crippen LogP contribution in [-0.2, 0) is 0 Å². The normalized spacial score (nSPS) is 20.1. The fourth-order valence-electron chi connectivity index (χ4n) is 4.45. The van der Waals surface area contributed by atoms with Crippen LogP contribution in [0.15, 0.2) is 47.7 Å². The lowest BCUT2D eigenvalue weighted by Crippen LogP contribution is -2.24. The quantitative estimate of drug-likeness (QED) is 0.591. The first-order chi connectivity index (χ1) is 15.2. The van der Waals surface area contributed by atoms with E-state index < -0.39 is 5.91 Å². The highest BCUT2D eigenvalue weighted by molar-refractivity contribution is 6.02. The Balaban J connectivity index is 1.76. The molecule has 1 aliphatic rings. The number of hydrogen-bond donors (Lipinski definition) is 2. The molecule has 7 nitrogen and oxygen atoms in total. The van der Waals surface area contributed by atoms with Gasteiger partial charge in [0.2, 0.25) is 0 Å².